The highest BCUT2D eigenvalue weighted by atomic mass is 16.5. The fourth-order valence-electron chi connectivity index (χ4n) is 2.13. The van der Waals surface area contributed by atoms with Gasteiger partial charge in [0.2, 0.25) is 0 Å². The van der Waals surface area contributed by atoms with E-state index in [-0.39, 0.29) is 0 Å². The predicted molar refractivity (Wildman–Crippen MR) is 62.2 cm³/mol. The number of nitrogens with one attached hydrogen (secondary N) is 1. The van der Waals surface area contributed by atoms with Gasteiger partial charge >= 0.3 is 0 Å². The van der Waals surface area contributed by atoms with Gasteiger partial charge in [-0.25, -0.2) is 0 Å². The largest absolute Gasteiger partial charge is 0.356 e. The number of para-hydroxylation sites is 1. The quantitative estimate of drug-likeness (QED) is 0.821. The number of nitrogens with zero attached hydrogens (tertiary/aromatic N) is 2. The van der Waals surface area contributed by atoms with Crippen LogP contribution in [0, 0.1) is 0 Å². The molecular weight excluding hydrogens is 202 g/mol. The van der Waals surface area contributed by atoms with E-state index in [1.165, 1.54) is 0 Å². The molecule has 0 amide bonds. The second-order valence-corrected chi connectivity index (χ2v) is 4.15. The van der Waals surface area contributed by atoms with Crippen LogP contribution in [0.25, 0.3) is 11.0 Å². The Morgan fingerprint density at radius 3 is 2.94 bits per heavy atom. The third-order valence-electron chi connectivity index (χ3n) is 3.04. The summed E-state index contributed by atoms with van der Waals surface area (Å²) in [5.41, 5.74) is 1.94. The highest BCUT2D eigenvalue weighted by molar-refractivity contribution is 5.79. The summed E-state index contributed by atoms with van der Waals surface area (Å²) in [5, 5.41) is 8.64. The minimum Gasteiger partial charge on any atom is -0.356 e. The van der Waals surface area contributed by atoms with Crippen LogP contribution in [-0.4, -0.2) is 36.2 Å². The number of piperazine rings is 1. The highest BCUT2D eigenvalue weighted by Crippen LogP contribution is 2.19. The molecular formula is C12H15N3O. The first-order valence-corrected chi connectivity index (χ1v) is 5.70. The van der Waals surface area contributed by atoms with Crippen LogP contribution in [0.3, 0.4) is 0 Å². The van der Waals surface area contributed by atoms with Crippen molar-refractivity contribution in [2.45, 2.75) is 6.54 Å². The summed E-state index contributed by atoms with van der Waals surface area (Å²) in [4.78, 5) is 2.40. The van der Waals surface area contributed by atoms with Gasteiger partial charge in [0, 0.05) is 38.1 Å². The fraction of sp³-hybridized carbons (Fsp3) is 0.417. The Morgan fingerprint density at radius 2 is 2.06 bits per heavy atom. The Hall–Kier alpha value is -1.39. The lowest BCUT2D eigenvalue weighted by Crippen LogP contribution is -2.42. The lowest BCUT2D eigenvalue weighted by molar-refractivity contribution is 0.227. The molecule has 0 saturated carbocycles. The molecule has 4 heteroatoms. The van der Waals surface area contributed by atoms with E-state index in [9.17, 15) is 0 Å². The molecule has 3 rings (SSSR count). The van der Waals surface area contributed by atoms with Gasteiger partial charge in [-0.05, 0) is 12.1 Å². The molecule has 1 aromatic carbocycles. The highest BCUT2D eigenvalue weighted by Gasteiger charge is 2.14. The molecule has 1 fully saturated rings. The standard InChI is InChI=1S/C12H15N3O/c1-2-4-12-10(3-1)11(14-16-12)9-15-7-5-13-6-8-15/h1-4,13H,5-9H2. The molecule has 0 unspecified atom stereocenters. The van der Waals surface area contributed by atoms with Crippen LogP contribution in [0.4, 0.5) is 0 Å². The van der Waals surface area contributed by atoms with Gasteiger partial charge < -0.3 is 9.84 Å². The Balaban J connectivity index is 1.83. The molecule has 0 radical (unpaired) electrons. The minimum absolute atomic E-state index is 0.882. The molecule has 1 aliphatic rings. The van der Waals surface area contributed by atoms with Crippen LogP contribution < -0.4 is 5.32 Å². The van der Waals surface area contributed by atoms with Crippen LogP contribution in [0.5, 0.6) is 0 Å². The molecule has 1 N–H and O–H groups in total. The molecule has 1 saturated heterocycles. The van der Waals surface area contributed by atoms with Gasteiger partial charge in [-0.3, -0.25) is 4.90 Å². The van der Waals surface area contributed by atoms with Crippen molar-refractivity contribution in [3.05, 3.63) is 30.0 Å². The number of rotatable bonds is 2. The maximum Gasteiger partial charge on any atom is 0.167 e. The van der Waals surface area contributed by atoms with E-state index in [1.54, 1.807) is 0 Å². The number of aromatic nitrogens is 1. The zero-order valence-electron chi connectivity index (χ0n) is 9.15. The molecule has 1 aromatic heterocycles. The molecule has 2 aromatic rings. The summed E-state index contributed by atoms with van der Waals surface area (Å²) in [6.45, 7) is 5.19. The summed E-state index contributed by atoms with van der Waals surface area (Å²) < 4.78 is 5.30. The molecule has 0 bridgehead atoms. The zero-order chi connectivity index (χ0) is 10.8. The van der Waals surface area contributed by atoms with E-state index in [0.717, 1.165) is 49.4 Å². The second-order valence-electron chi connectivity index (χ2n) is 4.15. The Kier molecular flexibility index (Phi) is 2.60. The average molecular weight is 217 g/mol. The normalized spacial score (nSPS) is 18.0. The smallest absolute Gasteiger partial charge is 0.167 e. The van der Waals surface area contributed by atoms with Crippen molar-refractivity contribution in [1.82, 2.24) is 15.4 Å². The van der Waals surface area contributed by atoms with Crippen molar-refractivity contribution >= 4 is 11.0 Å². The minimum atomic E-state index is 0.882. The van der Waals surface area contributed by atoms with Crippen molar-refractivity contribution in [2.24, 2.45) is 0 Å². The molecule has 1 aliphatic heterocycles. The molecule has 84 valence electrons. The molecule has 4 nitrogen and oxygen atoms in total. The van der Waals surface area contributed by atoms with E-state index in [2.05, 4.69) is 21.4 Å². The van der Waals surface area contributed by atoms with Crippen LogP contribution in [0.15, 0.2) is 28.8 Å². The summed E-state index contributed by atoms with van der Waals surface area (Å²) in [5.74, 6) is 0. The number of benzene rings is 1. The van der Waals surface area contributed by atoms with Crippen LogP contribution in [0.1, 0.15) is 5.69 Å². The third-order valence-corrected chi connectivity index (χ3v) is 3.04. The number of hydrogen-bond donors (Lipinski definition) is 1. The van der Waals surface area contributed by atoms with Gasteiger partial charge in [-0.15, -0.1) is 0 Å². The van der Waals surface area contributed by atoms with Gasteiger partial charge in [0.25, 0.3) is 0 Å². The second kappa shape index (κ2) is 4.23. The van der Waals surface area contributed by atoms with E-state index in [0.29, 0.717) is 0 Å². The van der Waals surface area contributed by atoms with Gasteiger partial charge in [-0.2, -0.15) is 0 Å². The predicted octanol–water partition coefficient (Wildman–Crippen LogP) is 1.23. The molecule has 0 atom stereocenters. The lowest BCUT2D eigenvalue weighted by Gasteiger charge is -2.26. The third kappa shape index (κ3) is 1.81. The Labute approximate surface area is 94.2 Å². The first kappa shape index (κ1) is 9.81. The van der Waals surface area contributed by atoms with Crippen LogP contribution >= 0.6 is 0 Å². The first-order valence-electron chi connectivity index (χ1n) is 5.70. The maximum atomic E-state index is 5.30. The molecule has 0 spiro atoms. The molecule has 0 aliphatic carbocycles. The average Bonchev–Trinajstić information content (AvgIpc) is 2.74. The van der Waals surface area contributed by atoms with Gasteiger partial charge in [0.05, 0.1) is 0 Å². The van der Waals surface area contributed by atoms with Gasteiger partial charge in [0.15, 0.2) is 5.58 Å². The summed E-state index contributed by atoms with van der Waals surface area (Å²) in [7, 11) is 0. The van der Waals surface area contributed by atoms with Crippen LogP contribution in [-0.2, 0) is 6.54 Å². The van der Waals surface area contributed by atoms with Crippen molar-refractivity contribution in [3.63, 3.8) is 0 Å². The number of fused-ring (bicyclic) bond motifs is 1. The fourth-order valence-corrected chi connectivity index (χ4v) is 2.13. The van der Waals surface area contributed by atoms with Crippen LogP contribution in [0.2, 0.25) is 0 Å². The maximum absolute atomic E-state index is 5.30. The van der Waals surface area contributed by atoms with Crippen molar-refractivity contribution in [2.75, 3.05) is 26.2 Å². The van der Waals surface area contributed by atoms with Crippen molar-refractivity contribution < 1.29 is 4.52 Å². The number of hydrogen-bond acceptors (Lipinski definition) is 4. The zero-order valence-corrected chi connectivity index (χ0v) is 9.15. The molecule has 2 heterocycles. The van der Waals surface area contributed by atoms with Gasteiger partial charge in [0.1, 0.15) is 5.69 Å². The van der Waals surface area contributed by atoms with E-state index >= 15 is 0 Å². The van der Waals surface area contributed by atoms with Gasteiger partial charge in [-0.1, -0.05) is 17.3 Å². The summed E-state index contributed by atoms with van der Waals surface area (Å²) >= 11 is 0. The Bertz CT molecular complexity index is 474. The van der Waals surface area contributed by atoms with Crippen molar-refractivity contribution in [1.29, 1.82) is 0 Å². The van der Waals surface area contributed by atoms with E-state index in [4.69, 9.17) is 4.52 Å². The van der Waals surface area contributed by atoms with E-state index in [1.807, 2.05) is 18.2 Å². The van der Waals surface area contributed by atoms with Crippen molar-refractivity contribution in [3.8, 4) is 0 Å². The monoisotopic (exact) mass is 217 g/mol. The SMILES string of the molecule is c1ccc2c(CN3CCNCC3)noc2c1. The summed E-state index contributed by atoms with van der Waals surface area (Å²) in [6.07, 6.45) is 0. The van der Waals surface area contributed by atoms with E-state index < -0.39 is 0 Å². The Morgan fingerprint density at radius 1 is 1.25 bits per heavy atom. The topological polar surface area (TPSA) is 41.3 Å². The summed E-state index contributed by atoms with van der Waals surface area (Å²) in [6, 6.07) is 8.04. The lowest BCUT2D eigenvalue weighted by atomic mass is 10.2. The molecule has 16 heavy (non-hydrogen) atoms. The first-order chi connectivity index (χ1) is 7.93.